The monoisotopic (exact) mass is 279 g/mol. The van der Waals surface area contributed by atoms with E-state index in [1.807, 2.05) is 50.4 Å². The fraction of sp³-hybridized carbons (Fsp3) is 0.176. The van der Waals surface area contributed by atoms with Gasteiger partial charge in [0.2, 0.25) is 0 Å². The van der Waals surface area contributed by atoms with Gasteiger partial charge in [0.25, 0.3) is 0 Å². The molecule has 0 bridgehead atoms. The molecule has 0 aliphatic rings. The minimum atomic E-state index is 0.0329. The molecule has 0 aliphatic carbocycles. The van der Waals surface area contributed by atoms with Crippen LogP contribution in [0.15, 0.2) is 42.5 Å². The Morgan fingerprint density at radius 3 is 2.76 bits per heavy atom. The summed E-state index contributed by atoms with van der Waals surface area (Å²) in [6.07, 6.45) is 0.282. The van der Waals surface area contributed by atoms with Crippen LogP contribution < -0.4 is 5.73 Å². The largest absolute Gasteiger partial charge is 0.398 e. The summed E-state index contributed by atoms with van der Waals surface area (Å²) < 4.78 is 1.81. The van der Waals surface area contributed by atoms with Gasteiger partial charge in [0.1, 0.15) is 0 Å². The van der Waals surface area contributed by atoms with Gasteiger partial charge in [0, 0.05) is 23.7 Å². The molecule has 0 fully saturated rings. The Morgan fingerprint density at radius 1 is 1.24 bits per heavy atom. The van der Waals surface area contributed by atoms with Crippen LogP contribution in [0, 0.1) is 6.92 Å². The van der Waals surface area contributed by atoms with Gasteiger partial charge in [-0.1, -0.05) is 30.3 Å². The number of nitrogen functional groups attached to an aromatic ring is 1. The minimum absolute atomic E-state index is 0.0329. The summed E-state index contributed by atoms with van der Waals surface area (Å²) >= 11 is 0. The van der Waals surface area contributed by atoms with Crippen molar-refractivity contribution in [3.63, 3.8) is 0 Å². The Morgan fingerprint density at radius 2 is 2.00 bits per heavy atom. The molecule has 0 amide bonds. The Hall–Kier alpha value is -2.62. The maximum absolute atomic E-state index is 12.4. The number of ketones is 1. The molecule has 21 heavy (non-hydrogen) atoms. The van der Waals surface area contributed by atoms with Gasteiger partial charge < -0.3 is 5.73 Å². The average molecular weight is 279 g/mol. The summed E-state index contributed by atoms with van der Waals surface area (Å²) in [5, 5.41) is 5.48. The number of fused-ring (bicyclic) bond motifs is 1. The molecule has 106 valence electrons. The van der Waals surface area contributed by atoms with E-state index in [-0.39, 0.29) is 12.2 Å². The van der Waals surface area contributed by atoms with Crippen molar-refractivity contribution in [3.05, 3.63) is 59.3 Å². The van der Waals surface area contributed by atoms with Gasteiger partial charge in [-0.25, -0.2) is 0 Å². The molecule has 4 heteroatoms. The number of aromatic nitrogens is 2. The first-order valence-electron chi connectivity index (χ1n) is 6.86. The first-order valence-corrected chi connectivity index (χ1v) is 6.86. The molecular weight excluding hydrogens is 262 g/mol. The number of nitrogens with zero attached hydrogens (tertiary/aromatic N) is 2. The third-order valence-corrected chi connectivity index (χ3v) is 3.76. The van der Waals surface area contributed by atoms with Crippen molar-refractivity contribution in [3.8, 4) is 0 Å². The zero-order valence-corrected chi connectivity index (χ0v) is 12.1. The van der Waals surface area contributed by atoms with Crippen LogP contribution in [0.5, 0.6) is 0 Å². The highest BCUT2D eigenvalue weighted by Gasteiger charge is 2.14. The molecule has 0 unspecified atom stereocenters. The summed E-state index contributed by atoms with van der Waals surface area (Å²) in [6.45, 7) is 1.93. The lowest BCUT2D eigenvalue weighted by atomic mass is 10.0. The maximum Gasteiger partial charge on any atom is 0.168 e. The van der Waals surface area contributed by atoms with E-state index in [9.17, 15) is 4.79 Å². The van der Waals surface area contributed by atoms with Crippen LogP contribution in [-0.4, -0.2) is 15.6 Å². The molecule has 3 rings (SSSR count). The molecule has 2 N–H and O–H groups in total. The molecule has 0 saturated carbocycles. The van der Waals surface area contributed by atoms with Crippen molar-refractivity contribution in [2.75, 3.05) is 5.73 Å². The van der Waals surface area contributed by atoms with Crippen LogP contribution in [0.2, 0.25) is 0 Å². The number of Topliss-reactive ketones (excluding diaryl/α,β-unsaturated/α-hetero) is 1. The topological polar surface area (TPSA) is 60.9 Å². The normalized spacial score (nSPS) is 11.0. The highest BCUT2D eigenvalue weighted by atomic mass is 16.1. The van der Waals surface area contributed by atoms with Gasteiger partial charge in [0.15, 0.2) is 5.78 Å². The average Bonchev–Trinajstić information content (AvgIpc) is 2.79. The molecule has 0 spiro atoms. The number of carbonyl (C=O) groups excluding carboxylic acids is 1. The molecule has 1 aromatic heterocycles. The van der Waals surface area contributed by atoms with E-state index in [1.54, 1.807) is 10.7 Å². The molecule has 4 nitrogen and oxygen atoms in total. The summed E-state index contributed by atoms with van der Waals surface area (Å²) in [4.78, 5) is 12.4. The van der Waals surface area contributed by atoms with E-state index in [0.717, 1.165) is 22.2 Å². The summed E-state index contributed by atoms with van der Waals surface area (Å²) in [5.41, 5.74) is 9.97. The molecule has 0 saturated heterocycles. The van der Waals surface area contributed by atoms with Gasteiger partial charge in [-0.2, -0.15) is 5.10 Å². The number of anilines is 1. The van der Waals surface area contributed by atoms with Gasteiger partial charge >= 0.3 is 0 Å². The van der Waals surface area contributed by atoms with Crippen LogP contribution in [0.3, 0.4) is 0 Å². The number of hydrogen-bond acceptors (Lipinski definition) is 3. The predicted octanol–water partition coefficient (Wildman–Crippen LogP) is 2.89. The van der Waals surface area contributed by atoms with Crippen LogP contribution in [0.4, 0.5) is 5.69 Å². The van der Waals surface area contributed by atoms with E-state index in [2.05, 4.69) is 5.10 Å². The quantitative estimate of drug-likeness (QED) is 0.592. The van der Waals surface area contributed by atoms with E-state index in [1.165, 1.54) is 0 Å². The lowest BCUT2D eigenvalue weighted by Crippen LogP contribution is -2.06. The molecule has 0 aliphatic heterocycles. The van der Waals surface area contributed by atoms with Crippen LogP contribution >= 0.6 is 0 Å². The fourth-order valence-electron chi connectivity index (χ4n) is 2.49. The van der Waals surface area contributed by atoms with Crippen molar-refractivity contribution in [2.45, 2.75) is 13.3 Å². The SMILES string of the molecule is Cc1ccc(C(=O)Cc2nn(C)c3ccccc23)cc1N. The van der Waals surface area contributed by atoms with E-state index < -0.39 is 0 Å². The second-order valence-electron chi connectivity index (χ2n) is 5.26. The number of hydrogen-bond donors (Lipinski definition) is 1. The van der Waals surface area contributed by atoms with Crippen molar-refractivity contribution in [1.29, 1.82) is 0 Å². The predicted molar refractivity (Wildman–Crippen MR) is 84.3 cm³/mol. The second-order valence-corrected chi connectivity index (χ2v) is 5.26. The fourth-order valence-corrected chi connectivity index (χ4v) is 2.49. The van der Waals surface area contributed by atoms with Crippen LogP contribution in [-0.2, 0) is 13.5 Å². The standard InChI is InChI=1S/C17H17N3O/c1-11-7-8-12(9-14(11)18)17(21)10-15-13-5-3-4-6-16(13)20(2)19-15/h3-9H,10,18H2,1-2H3. The second kappa shape index (κ2) is 5.05. The van der Waals surface area contributed by atoms with Gasteiger partial charge in [-0.3, -0.25) is 9.48 Å². The Labute approximate surface area is 123 Å². The van der Waals surface area contributed by atoms with E-state index >= 15 is 0 Å². The number of aryl methyl sites for hydroxylation is 2. The van der Waals surface area contributed by atoms with E-state index in [0.29, 0.717) is 11.3 Å². The summed E-state index contributed by atoms with van der Waals surface area (Å²) in [5.74, 6) is 0.0329. The zero-order valence-electron chi connectivity index (χ0n) is 12.1. The van der Waals surface area contributed by atoms with Crippen molar-refractivity contribution in [2.24, 2.45) is 7.05 Å². The number of benzene rings is 2. The third-order valence-electron chi connectivity index (χ3n) is 3.76. The summed E-state index contributed by atoms with van der Waals surface area (Å²) in [6, 6.07) is 13.4. The Kier molecular flexibility index (Phi) is 3.22. The zero-order chi connectivity index (χ0) is 15.0. The van der Waals surface area contributed by atoms with E-state index in [4.69, 9.17) is 5.73 Å². The van der Waals surface area contributed by atoms with Crippen molar-refractivity contribution in [1.82, 2.24) is 9.78 Å². The Balaban J connectivity index is 1.94. The lowest BCUT2D eigenvalue weighted by molar-refractivity contribution is 0.0992. The lowest BCUT2D eigenvalue weighted by Gasteiger charge is -2.03. The number of nitrogens with two attached hydrogens (primary N) is 1. The molecular formula is C17H17N3O. The van der Waals surface area contributed by atoms with Crippen LogP contribution in [0.25, 0.3) is 10.9 Å². The smallest absolute Gasteiger partial charge is 0.168 e. The molecule has 0 radical (unpaired) electrons. The molecule has 3 aromatic rings. The highest BCUT2D eigenvalue weighted by Crippen LogP contribution is 2.20. The minimum Gasteiger partial charge on any atom is -0.398 e. The van der Waals surface area contributed by atoms with Crippen molar-refractivity contribution >= 4 is 22.4 Å². The maximum atomic E-state index is 12.4. The summed E-state index contributed by atoms with van der Waals surface area (Å²) in [7, 11) is 1.89. The molecule has 1 heterocycles. The first-order chi connectivity index (χ1) is 10.1. The van der Waals surface area contributed by atoms with Crippen molar-refractivity contribution < 1.29 is 4.79 Å². The molecule has 0 atom stereocenters. The van der Waals surface area contributed by atoms with Crippen LogP contribution in [0.1, 0.15) is 21.6 Å². The Bertz CT molecular complexity index is 833. The third kappa shape index (κ3) is 2.40. The van der Waals surface area contributed by atoms with Gasteiger partial charge in [-0.05, 0) is 24.6 Å². The first kappa shape index (κ1) is 13.4. The number of rotatable bonds is 3. The molecule has 2 aromatic carbocycles. The number of carbonyl (C=O) groups is 1. The van der Waals surface area contributed by atoms with Gasteiger partial charge in [-0.15, -0.1) is 0 Å². The highest BCUT2D eigenvalue weighted by molar-refractivity contribution is 6.00. The van der Waals surface area contributed by atoms with Gasteiger partial charge in [0.05, 0.1) is 17.6 Å². The number of para-hydroxylation sites is 1.